The third-order valence-electron chi connectivity index (χ3n) is 1.02. The SMILES string of the molecule is COC(C)COCCN.Cl. The summed E-state index contributed by atoms with van der Waals surface area (Å²) < 4.78 is 10.0. The summed E-state index contributed by atoms with van der Waals surface area (Å²) in [5, 5.41) is 0. The van der Waals surface area contributed by atoms with E-state index in [1.807, 2.05) is 6.92 Å². The van der Waals surface area contributed by atoms with Crippen LogP contribution in [-0.2, 0) is 9.47 Å². The molecule has 0 amide bonds. The van der Waals surface area contributed by atoms with Crippen LogP contribution in [0.1, 0.15) is 6.92 Å². The third kappa shape index (κ3) is 8.17. The number of ether oxygens (including phenoxy) is 2. The van der Waals surface area contributed by atoms with E-state index in [1.54, 1.807) is 7.11 Å². The second kappa shape index (κ2) is 9.17. The van der Waals surface area contributed by atoms with Crippen LogP contribution in [0.2, 0.25) is 0 Å². The Hall–Kier alpha value is 0.170. The molecule has 4 heteroatoms. The number of hydrogen-bond acceptors (Lipinski definition) is 3. The highest BCUT2D eigenvalue weighted by Gasteiger charge is 1.96. The summed E-state index contributed by atoms with van der Waals surface area (Å²) in [6, 6.07) is 0. The standard InChI is InChI=1S/C6H15NO2.ClH/c1-6(8-2)5-9-4-3-7;/h6H,3-5,7H2,1-2H3;1H. The lowest BCUT2D eigenvalue weighted by molar-refractivity contribution is 0.0213. The quantitative estimate of drug-likeness (QED) is 0.607. The maximum Gasteiger partial charge on any atom is 0.0776 e. The molecule has 0 bridgehead atoms. The lowest BCUT2D eigenvalue weighted by Crippen LogP contribution is -2.17. The van der Waals surface area contributed by atoms with Crippen LogP contribution in [0.25, 0.3) is 0 Å². The van der Waals surface area contributed by atoms with Crippen molar-refractivity contribution in [2.75, 3.05) is 26.9 Å². The maximum atomic E-state index is 5.19. The van der Waals surface area contributed by atoms with E-state index in [2.05, 4.69) is 0 Å². The Labute approximate surface area is 68.3 Å². The van der Waals surface area contributed by atoms with Crippen LogP contribution in [0.15, 0.2) is 0 Å². The first-order chi connectivity index (χ1) is 4.31. The number of rotatable bonds is 5. The van der Waals surface area contributed by atoms with Crippen molar-refractivity contribution in [3.63, 3.8) is 0 Å². The monoisotopic (exact) mass is 169 g/mol. The number of hydrogen-bond donors (Lipinski definition) is 1. The molecule has 10 heavy (non-hydrogen) atoms. The van der Waals surface area contributed by atoms with E-state index in [0.717, 1.165) is 0 Å². The summed E-state index contributed by atoms with van der Waals surface area (Å²) in [5.74, 6) is 0. The number of halogens is 1. The fourth-order valence-electron chi connectivity index (χ4n) is 0.401. The minimum absolute atomic E-state index is 0. The van der Waals surface area contributed by atoms with Gasteiger partial charge in [-0.15, -0.1) is 12.4 Å². The molecule has 0 saturated heterocycles. The molecule has 0 spiro atoms. The third-order valence-corrected chi connectivity index (χ3v) is 1.02. The molecular formula is C6H16ClNO2. The largest absolute Gasteiger partial charge is 0.379 e. The van der Waals surface area contributed by atoms with Crippen LogP contribution >= 0.6 is 12.4 Å². The fourth-order valence-corrected chi connectivity index (χ4v) is 0.401. The molecule has 64 valence electrons. The topological polar surface area (TPSA) is 44.5 Å². The summed E-state index contributed by atoms with van der Waals surface area (Å²) >= 11 is 0. The van der Waals surface area contributed by atoms with E-state index in [-0.39, 0.29) is 18.5 Å². The molecule has 0 aromatic carbocycles. The highest BCUT2D eigenvalue weighted by atomic mass is 35.5. The van der Waals surface area contributed by atoms with Gasteiger partial charge in [0.2, 0.25) is 0 Å². The van der Waals surface area contributed by atoms with Gasteiger partial charge in [0, 0.05) is 13.7 Å². The molecule has 0 aliphatic carbocycles. The Bertz CT molecular complexity index is 63.7. The Kier molecular flexibility index (Phi) is 11.7. The fraction of sp³-hybridized carbons (Fsp3) is 1.00. The minimum Gasteiger partial charge on any atom is -0.379 e. The Morgan fingerprint density at radius 3 is 2.50 bits per heavy atom. The second-order valence-electron chi connectivity index (χ2n) is 1.91. The molecule has 0 heterocycles. The summed E-state index contributed by atoms with van der Waals surface area (Å²) in [6.07, 6.45) is 0.177. The number of nitrogens with two attached hydrogens (primary N) is 1. The lowest BCUT2D eigenvalue weighted by atomic mass is 10.4. The van der Waals surface area contributed by atoms with Gasteiger partial charge < -0.3 is 15.2 Å². The van der Waals surface area contributed by atoms with Gasteiger partial charge in [-0.25, -0.2) is 0 Å². The first-order valence-corrected chi connectivity index (χ1v) is 3.12. The summed E-state index contributed by atoms with van der Waals surface area (Å²) in [4.78, 5) is 0. The van der Waals surface area contributed by atoms with Crippen molar-refractivity contribution >= 4 is 12.4 Å². The van der Waals surface area contributed by atoms with Gasteiger partial charge >= 0.3 is 0 Å². The van der Waals surface area contributed by atoms with Crippen LogP contribution in [0.5, 0.6) is 0 Å². The maximum absolute atomic E-state index is 5.19. The molecule has 0 aliphatic heterocycles. The first kappa shape index (κ1) is 12.8. The van der Waals surface area contributed by atoms with Gasteiger partial charge in [-0.05, 0) is 6.92 Å². The van der Waals surface area contributed by atoms with Crippen molar-refractivity contribution < 1.29 is 9.47 Å². The van der Waals surface area contributed by atoms with Crippen molar-refractivity contribution in [2.45, 2.75) is 13.0 Å². The molecule has 0 rings (SSSR count). The highest BCUT2D eigenvalue weighted by Crippen LogP contribution is 1.86. The molecular weight excluding hydrogens is 154 g/mol. The zero-order valence-corrected chi connectivity index (χ0v) is 7.32. The van der Waals surface area contributed by atoms with Gasteiger partial charge in [0.15, 0.2) is 0 Å². The van der Waals surface area contributed by atoms with E-state index in [0.29, 0.717) is 19.8 Å². The van der Waals surface area contributed by atoms with E-state index in [1.165, 1.54) is 0 Å². The van der Waals surface area contributed by atoms with Crippen molar-refractivity contribution in [3.8, 4) is 0 Å². The van der Waals surface area contributed by atoms with Crippen molar-refractivity contribution in [1.29, 1.82) is 0 Å². The highest BCUT2D eigenvalue weighted by molar-refractivity contribution is 5.85. The van der Waals surface area contributed by atoms with Gasteiger partial charge in [-0.3, -0.25) is 0 Å². The minimum atomic E-state index is 0. The van der Waals surface area contributed by atoms with Gasteiger partial charge in [0.05, 0.1) is 19.3 Å². The van der Waals surface area contributed by atoms with Gasteiger partial charge in [-0.2, -0.15) is 0 Å². The molecule has 1 atom stereocenters. The average molecular weight is 170 g/mol. The Balaban J connectivity index is 0. The Morgan fingerprint density at radius 2 is 2.10 bits per heavy atom. The van der Waals surface area contributed by atoms with Crippen molar-refractivity contribution in [2.24, 2.45) is 5.73 Å². The first-order valence-electron chi connectivity index (χ1n) is 3.12. The summed E-state index contributed by atoms with van der Waals surface area (Å²) in [5.41, 5.74) is 5.19. The van der Waals surface area contributed by atoms with E-state index in [9.17, 15) is 0 Å². The van der Waals surface area contributed by atoms with Crippen molar-refractivity contribution in [3.05, 3.63) is 0 Å². The molecule has 2 N–H and O–H groups in total. The molecule has 0 saturated carbocycles. The average Bonchev–Trinajstić information content (AvgIpc) is 1.89. The molecule has 0 aliphatic rings. The molecule has 0 aromatic heterocycles. The van der Waals surface area contributed by atoms with Crippen LogP contribution < -0.4 is 5.73 Å². The van der Waals surface area contributed by atoms with Crippen LogP contribution in [0, 0.1) is 0 Å². The predicted molar refractivity (Wildman–Crippen MR) is 43.6 cm³/mol. The number of methoxy groups -OCH3 is 1. The molecule has 0 aromatic rings. The van der Waals surface area contributed by atoms with E-state index in [4.69, 9.17) is 15.2 Å². The summed E-state index contributed by atoms with van der Waals surface area (Å²) in [6.45, 7) is 3.79. The smallest absolute Gasteiger partial charge is 0.0776 e. The lowest BCUT2D eigenvalue weighted by Gasteiger charge is -2.08. The van der Waals surface area contributed by atoms with Gasteiger partial charge in [-0.1, -0.05) is 0 Å². The molecule has 0 radical (unpaired) electrons. The van der Waals surface area contributed by atoms with Crippen LogP contribution in [0.3, 0.4) is 0 Å². The predicted octanol–water partition coefficient (Wildman–Crippen LogP) is 0.418. The zero-order chi connectivity index (χ0) is 7.11. The van der Waals surface area contributed by atoms with Gasteiger partial charge in [0.1, 0.15) is 0 Å². The molecule has 3 nitrogen and oxygen atoms in total. The van der Waals surface area contributed by atoms with Gasteiger partial charge in [0.25, 0.3) is 0 Å². The van der Waals surface area contributed by atoms with Crippen LogP contribution in [0.4, 0.5) is 0 Å². The van der Waals surface area contributed by atoms with Crippen LogP contribution in [-0.4, -0.2) is 33.0 Å². The second-order valence-corrected chi connectivity index (χ2v) is 1.91. The molecule has 0 fully saturated rings. The Morgan fingerprint density at radius 1 is 1.50 bits per heavy atom. The molecule has 1 unspecified atom stereocenters. The summed E-state index contributed by atoms with van der Waals surface area (Å²) in [7, 11) is 1.66. The normalized spacial score (nSPS) is 12.3. The zero-order valence-electron chi connectivity index (χ0n) is 6.50. The van der Waals surface area contributed by atoms with E-state index < -0.39 is 0 Å². The van der Waals surface area contributed by atoms with E-state index >= 15 is 0 Å². The van der Waals surface area contributed by atoms with Crippen molar-refractivity contribution in [1.82, 2.24) is 0 Å².